The van der Waals surface area contributed by atoms with Gasteiger partial charge in [0.25, 0.3) is 11.8 Å². The maximum absolute atomic E-state index is 13.0. The van der Waals surface area contributed by atoms with Gasteiger partial charge in [0.2, 0.25) is 0 Å². The molecule has 49 heavy (non-hydrogen) atoms. The van der Waals surface area contributed by atoms with Gasteiger partial charge in [0.15, 0.2) is 0 Å². The summed E-state index contributed by atoms with van der Waals surface area (Å²) in [6, 6.07) is 17.5. The minimum absolute atomic E-state index is 0.00139. The van der Waals surface area contributed by atoms with E-state index in [0.29, 0.717) is 30.0 Å². The number of imide groups is 1. The molecule has 1 unspecified atom stereocenters. The molecule has 0 radical (unpaired) electrons. The molecule has 1 saturated carbocycles. The lowest BCUT2D eigenvalue weighted by molar-refractivity contribution is -0.151. The van der Waals surface area contributed by atoms with Gasteiger partial charge in [-0.1, -0.05) is 32.1 Å². The van der Waals surface area contributed by atoms with Crippen molar-refractivity contribution in [2.45, 2.75) is 63.9 Å². The number of amides is 2. The Hall–Kier alpha value is -5.51. The lowest BCUT2D eigenvalue weighted by Gasteiger charge is -2.21. The molecule has 1 aliphatic heterocycles. The van der Waals surface area contributed by atoms with Crippen LogP contribution >= 0.6 is 0 Å². The molecule has 2 aliphatic carbocycles. The quantitative estimate of drug-likeness (QED) is 0.0693. The fourth-order valence-electron chi connectivity index (χ4n) is 6.35. The largest absolute Gasteiger partial charge is 0.493 e. The van der Waals surface area contributed by atoms with E-state index in [1.807, 2.05) is 30.3 Å². The van der Waals surface area contributed by atoms with Crippen molar-refractivity contribution < 1.29 is 42.9 Å². The van der Waals surface area contributed by atoms with Gasteiger partial charge in [-0.15, -0.1) is 0 Å². The van der Waals surface area contributed by atoms with Gasteiger partial charge in [-0.3, -0.25) is 14.4 Å². The first kappa shape index (κ1) is 33.4. The first-order valence-corrected chi connectivity index (χ1v) is 16.5. The number of nitrogens with zero attached hydrogens (tertiary/aromatic N) is 1. The molecule has 0 saturated heterocycles. The normalized spacial score (nSPS) is 16.6. The van der Waals surface area contributed by atoms with Gasteiger partial charge in [0.05, 0.1) is 30.9 Å². The third-order valence-electron chi connectivity index (χ3n) is 8.94. The van der Waals surface area contributed by atoms with Crippen molar-refractivity contribution in [1.82, 2.24) is 0 Å². The number of fused-ring (bicyclic) bond motifs is 3. The van der Waals surface area contributed by atoms with Crippen molar-refractivity contribution in [3.05, 3.63) is 102 Å². The molecule has 10 heteroatoms. The van der Waals surface area contributed by atoms with E-state index in [9.17, 15) is 24.0 Å². The van der Waals surface area contributed by atoms with Gasteiger partial charge in [0, 0.05) is 30.1 Å². The second-order valence-corrected chi connectivity index (χ2v) is 12.4. The molecule has 1 heterocycles. The summed E-state index contributed by atoms with van der Waals surface area (Å²) in [5.41, 5.74) is 5.00. The molecule has 0 bridgehead atoms. The number of anilines is 1. The molecule has 0 aromatic heterocycles. The van der Waals surface area contributed by atoms with E-state index in [1.165, 1.54) is 24.3 Å². The van der Waals surface area contributed by atoms with Crippen LogP contribution in [0.2, 0.25) is 0 Å². The van der Waals surface area contributed by atoms with Crippen molar-refractivity contribution >= 4 is 35.4 Å². The molecule has 0 spiro atoms. The Morgan fingerprint density at radius 2 is 1.47 bits per heavy atom. The molecule has 1 fully saturated rings. The smallest absolute Gasteiger partial charge is 0.343 e. The monoisotopic (exact) mass is 663 g/mol. The Balaban J connectivity index is 0.968. The molecular formula is C39H37NO9. The Morgan fingerprint density at radius 1 is 0.816 bits per heavy atom. The number of hydrogen-bond acceptors (Lipinski definition) is 9. The summed E-state index contributed by atoms with van der Waals surface area (Å²) in [5.74, 6) is -1.47. The molecule has 252 valence electrons. The maximum atomic E-state index is 13.0. The lowest BCUT2D eigenvalue weighted by Crippen LogP contribution is -2.29. The predicted octanol–water partition coefficient (Wildman–Crippen LogP) is 6.60. The molecule has 10 nitrogen and oxygen atoms in total. The van der Waals surface area contributed by atoms with Crippen LogP contribution in [0, 0.1) is 0 Å². The van der Waals surface area contributed by atoms with Crippen LogP contribution in [0.5, 0.6) is 11.5 Å². The molecule has 1 atom stereocenters. The summed E-state index contributed by atoms with van der Waals surface area (Å²) in [6.07, 6.45) is 7.61. The third kappa shape index (κ3) is 7.64. The molecule has 0 N–H and O–H groups in total. The van der Waals surface area contributed by atoms with Crippen molar-refractivity contribution in [2.24, 2.45) is 0 Å². The fourth-order valence-corrected chi connectivity index (χ4v) is 6.35. The van der Waals surface area contributed by atoms with Crippen LogP contribution in [0.3, 0.4) is 0 Å². The fraction of sp³-hybridized carbons (Fsp3) is 0.308. The van der Waals surface area contributed by atoms with Gasteiger partial charge in [0.1, 0.15) is 17.6 Å². The Morgan fingerprint density at radius 3 is 2.18 bits per heavy atom. The van der Waals surface area contributed by atoms with Crippen molar-refractivity contribution in [3.63, 3.8) is 0 Å². The van der Waals surface area contributed by atoms with Crippen molar-refractivity contribution in [2.75, 3.05) is 18.1 Å². The van der Waals surface area contributed by atoms with Gasteiger partial charge in [-0.2, -0.15) is 0 Å². The second-order valence-electron chi connectivity index (χ2n) is 12.4. The number of carbonyl (C=O) groups excluding carboxylic acids is 5. The van der Waals surface area contributed by atoms with Crippen LogP contribution in [0.25, 0.3) is 11.1 Å². The lowest BCUT2D eigenvalue weighted by atomic mass is 9.98. The van der Waals surface area contributed by atoms with Crippen LogP contribution < -0.4 is 14.4 Å². The summed E-state index contributed by atoms with van der Waals surface area (Å²) in [5, 5.41) is 0. The van der Waals surface area contributed by atoms with E-state index in [2.05, 4.69) is 13.5 Å². The van der Waals surface area contributed by atoms with Gasteiger partial charge < -0.3 is 18.9 Å². The van der Waals surface area contributed by atoms with Crippen molar-refractivity contribution in [1.29, 1.82) is 0 Å². The topological polar surface area (TPSA) is 126 Å². The van der Waals surface area contributed by atoms with Crippen LogP contribution in [-0.4, -0.2) is 49.0 Å². The highest BCUT2D eigenvalue weighted by molar-refractivity contribution is 6.28. The van der Waals surface area contributed by atoms with Gasteiger partial charge >= 0.3 is 17.9 Å². The number of esters is 3. The number of hydrogen-bond donors (Lipinski definition) is 0. The Kier molecular flexibility index (Phi) is 10.0. The summed E-state index contributed by atoms with van der Waals surface area (Å²) in [6.45, 7) is 6.20. The summed E-state index contributed by atoms with van der Waals surface area (Å²) in [7, 11) is 0. The first-order chi connectivity index (χ1) is 23.7. The zero-order chi connectivity index (χ0) is 34.5. The van der Waals surface area contributed by atoms with Crippen LogP contribution in [0.4, 0.5) is 5.69 Å². The SMILES string of the molecule is C=C(CC(=O)OC1CCCCC1)C(=O)OCCCOc1ccc2c(c1)C(C)c1cc(C(=O)Oc3ccc(N4C(=O)C=CC4=O)cc3)ccc1-2. The molecule has 6 rings (SSSR count). The minimum atomic E-state index is -0.614. The maximum Gasteiger partial charge on any atom is 0.343 e. The van der Waals surface area contributed by atoms with Gasteiger partial charge in [-0.05, 0) is 96.5 Å². The molecule has 3 aromatic carbocycles. The Bertz CT molecular complexity index is 1820. The first-order valence-electron chi connectivity index (χ1n) is 16.5. The molecule has 3 aliphatic rings. The van der Waals surface area contributed by atoms with Crippen molar-refractivity contribution in [3.8, 4) is 22.6 Å². The highest BCUT2D eigenvalue weighted by Crippen LogP contribution is 2.46. The van der Waals surface area contributed by atoms with E-state index in [1.54, 1.807) is 18.2 Å². The molecule has 3 aromatic rings. The zero-order valence-electron chi connectivity index (χ0n) is 27.3. The van der Waals surface area contributed by atoms with E-state index < -0.39 is 29.7 Å². The number of carbonyl (C=O) groups is 5. The molecule has 2 amide bonds. The Labute approximate surface area is 284 Å². The summed E-state index contributed by atoms with van der Waals surface area (Å²) >= 11 is 0. The van der Waals surface area contributed by atoms with E-state index >= 15 is 0 Å². The average Bonchev–Trinajstić information content (AvgIpc) is 3.58. The summed E-state index contributed by atoms with van der Waals surface area (Å²) in [4.78, 5) is 62.4. The van der Waals surface area contributed by atoms with E-state index in [4.69, 9.17) is 18.9 Å². The zero-order valence-corrected chi connectivity index (χ0v) is 27.3. The summed E-state index contributed by atoms with van der Waals surface area (Å²) < 4.78 is 22.3. The average molecular weight is 664 g/mol. The van der Waals surface area contributed by atoms with E-state index in [-0.39, 0.29) is 36.4 Å². The van der Waals surface area contributed by atoms with Crippen LogP contribution in [-0.2, 0) is 28.7 Å². The second kappa shape index (κ2) is 14.7. The van der Waals surface area contributed by atoms with Gasteiger partial charge in [-0.25, -0.2) is 14.5 Å². The predicted molar refractivity (Wildman–Crippen MR) is 180 cm³/mol. The standard InChI is InChI=1S/C39H37NO9/c1-24(21-37(43)48-28-7-4-3-5-8-28)38(44)47-20-6-19-46-30-14-16-32-31-15-9-26(22-33(31)25(2)34(32)23-30)39(45)49-29-12-10-27(11-13-29)40-35(41)17-18-36(40)42/h9-18,22-23,25,28H,1,3-8,19-21H2,2H3. The minimum Gasteiger partial charge on any atom is -0.493 e. The molecular weight excluding hydrogens is 626 g/mol. The highest BCUT2D eigenvalue weighted by Gasteiger charge is 2.28. The highest BCUT2D eigenvalue weighted by atomic mass is 16.5. The number of rotatable bonds is 12. The van der Waals surface area contributed by atoms with Crippen LogP contribution in [0.15, 0.2) is 85.0 Å². The number of ether oxygens (including phenoxy) is 4. The van der Waals surface area contributed by atoms with Crippen LogP contribution in [0.1, 0.15) is 79.3 Å². The third-order valence-corrected chi connectivity index (χ3v) is 8.94. The van der Waals surface area contributed by atoms with E-state index in [0.717, 1.165) is 59.3 Å². The number of benzene rings is 3.